The molecule has 0 aliphatic heterocycles. The lowest BCUT2D eigenvalue weighted by atomic mass is 9.12. The summed E-state index contributed by atoms with van der Waals surface area (Å²) in [6.45, 7) is 0.708. The Labute approximate surface area is 377 Å². The van der Waals surface area contributed by atoms with Gasteiger partial charge in [-0.05, 0) is 10.8 Å². The third-order valence-corrected chi connectivity index (χ3v) is 10.9. The van der Waals surface area contributed by atoms with E-state index in [-0.39, 0.29) is 5.78 Å². The summed E-state index contributed by atoms with van der Waals surface area (Å²) in [5.74, 6) is -71.5. The zero-order chi connectivity index (χ0) is 51.4. The number of carbonyl (C=O) groups excluding carboxylic acids is 1. The van der Waals surface area contributed by atoms with Gasteiger partial charge in [0.25, 0.3) is 0 Å². The molecule has 0 saturated heterocycles. The summed E-state index contributed by atoms with van der Waals surface area (Å²) in [6, 6.07) is 23.9. The van der Waals surface area contributed by atoms with Gasteiger partial charge in [0.2, 0.25) is 5.78 Å². The topological polar surface area (TPSA) is 33.8 Å². The average Bonchev–Trinajstić information content (AvgIpc) is 3.36. The van der Waals surface area contributed by atoms with Gasteiger partial charge in [-0.3, -0.25) is 4.79 Å². The number of rotatable bonds is 8. The van der Waals surface area contributed by atoms with Gasteiger partial charge >= 0.3 is 0 Å². The molecule has 70 heavy (non-hydrogen) atoms. The summed E-state index contributed by atoms with van der Waals surface area (Å²) >= 11 is 0. The number of carbonyl (C=O) groups is 1. The minimum absolute atomic E-state index is 0.0563. The molecule has 0 aliphatic carbocycles. The second-order valence-electron chi connectivity index (χ2n) is 14.8. The Morgan fingerprint density at radius 3 is 1.11 bits per heavy atom. The van der Waals surface area contributed by atoms with Crippen LogP contribution in [-0.4, -0.2) is 16.9 Å². The Morgan fingerprint density at radius 2 is 0.729 bits per heavy atom. The van der Waals surface area contributed by atoms with E-state index in [1.807, 2.05) is 77.6 Å². The molecule has 0 aliphatic rings. The molecular formula is C46H17BF20N2O. The van der Waals surface area contributed by atoms with Gasteiger partial charge in [-0.15, -0.1) is 21.9 Å². The molecule has 0 atom stereocenters. The standard InChI is InChI=1S/C24BF20.C22H17N2O/c26-5-1(6(27)14(35)21(42)13(5)34)25(2-7(28)15(36)22(43)16(37)8(2)29,3-9(30)17(38)23(44)18(39)10(3)31)4-11(32)19(40)24(45)20(41)12(4)33;25-22(20-12-6-10-18-9-4-5-11-19(18)20)21-16-24(14-13-23-21)15-17-7-2-1-3-8-17/h;1-14,16H,15H2/q-1;+1. The van der Waals surface area contributed by atoms with Crippen LogP contribution in [0.15, 0.2) is 91.4 Å². The lowest BCUT2D eigenvalue weighted by molar-refractivity contribution is -0.689. The van der Waals surface area contributed by atoms with Crippen molar-refractivity contribution in [1.82, 2.24) is 4.98 Å². The van der Waals surface area contributed by atoms with Crippen molar-refractivity contribution in [2.24, 2.45) is 0 Å². The molecule has 8 aromatic rings. The third-order valence-electron chi connectivity index (χ3n) is 10.9. The molecule has 360 valence electrons. The van der Waals surface area contributed by atoms with Crippen molar-refractivity contribution in [3.05, 3.63) is 225 Å². The van der Waals surface area contributed by atoms with E-state index in [0.29, 0.717) is 17.8 Å². The number of hydrogen-bond acceptors (Lipinski definition) is 2. The maximum absolute atomic E-state index is 15.4. The monoisotopic (exact) mass is 1000 g/mol. The van der Waals surface area contributed by atoms with E-state index in [1.54, 1.807) is 6.20 Å². The van der Waals surface area contributed by atoms with Gasteiger partial charge in [-0.25, -0.2) is 92.8 Å². The molecule has 7 aromatic carbocycles. The van der Waals surface area contributed by atoms with Gasteiger partial charge in [-0.1, -0.05) is 72.8 Å². The van der Waals surface area contributed by atoms with Crippen LogP contribution in [0, 0.1) is 116 Å². The summed E-state index contributed by atoms with van der Waals surface area (Å²) in [5, 5.41) is 2.01. The number of hydrogen-bond donors (Lipinski definition) is 0. The molecule has 0 unspecified atom stereocenters. The van der Waals surface area contributed by atoms with Crippen LogP contribution in [0.1, 0.15) is 21.6 Å². The van der Waals surface area contributed by atoms with Crippen LogP contribution < -0.4 is 26.4 Å². The van der Waals surface area contributed by atoms with E-state index in [2.05, 4.69) is 17.1 Å². The Morgan fingerprint density at radius 1 is 0.400 bits per heavy atom. The van der Waals surface area contributed by atoms with Crippen molar-refractivity contribution in [2.45, 2.75) is 6.54 Å². The first-order valence-electron chi connectivity index (χ1n) is 19.2. The smallest absolute Gasteiger partial charge is 0.218 e. The molecule has 0 spiro atoms. The first-order valence-corrected chi connectivity index (χ1v) is 19.2. The van der Waals surface area contributed by atoms with Gasteiger partial charge in [0.1, 0.15) is 52.7 Å². The Bertz CT molecular complexity index is 3060. The van der Waals surface area contributed by atoms with Crippen LogP contribution in [0.5, 0.6) is 0 Å². The summed E-state index contributed by atoms with van der Waals surface area (Å²) in [7, 11) is 0. The van der Waals surface area contributed by atoms with Crippen LogP contribution in [0.25, 0.3) is 10.8 Å². The Balaban J connectivity index is 0.000000242. The number of fused-ring (bicyclic) bond motifs is 1. The summed E-state index contributed by atoms with van der Waals surface area (Å²) in [4.78, 5) is 17.3. The highest BCUT2D eigenvalue weighted by Gasteiger charge is 2.52. The lowest BCUT2D eigenvalue weighted by Crippen LogP contribution is -2.81. The van der Waals surface area contributed by atoms with Crippen LogP contribution >= 0.6 is 0 Å². The van der Waals surface area contributed by atoms with E-state index in [0.717, 1.165) is 10.8 Å². The molecule has 0 saturated carbocycles. The lowest BCUT2D eigenvalue weighted by Gasteiger charge is -2.44. The number of benzene rings is 7. The van der Waals surface area contributed by atoms with E-state index in [9.17, 15) is 57.5 Å². The van der Waals surface area contributed by atoms with Crippen molar-refractivity contribution in [1.29, 1.82) is 0 Å². The third kappa shape index (κ3) is 7.93. The number of aromatic nitrogens is 2. The van der Waals surface area contributed by atoms with Crippen LogP contribution in [0.3, 0.4) is 0 Å². The largest absolute Gasteiger partial charge is 0.287 e. The summed E-state index contributed by atoms with van der Waals surface area (Å²) in [6.07, 6.45) is -1.84. The number of ketones is 1. The predicted octanol–water partition coefficient (Wildman–Crippen LogP) is 9.65. The molecule has 3 nitrogen and oxygen atoms in total. The highest BCUT2D eigenvalue weighted by molar-refractivity contribution is 7.20. The number of nitrogens with zero attached hydrogens (tertiary/aromatic N) is 2. The van der Waals surface area contributed by atoms with Crippen molar-refractivity contribution in [2.75, 3.05) is 0 Å². The molecule has 0 N–H and O–H groups in total. The minimum atomic E-state index is -7.22. The van der Waals surface area contributed by atoms with Crippen molar-refractivity contribution in [3.8, 4) is 0 Å². The second-order valence-corrected chi connectivity index (χ2v) is 14.8. The summed E-state index contributed by atoms with van der Waals surface area (Å²) < 4.78 is 296. The molecule has 0 fully saturated rings. The summed E-state index contributed by atoms with van der Waals surface area (Å²) in [5.41, 5.74) is -12.0. The first kappa shape index (κ1) is 50.1. The van der Waals surface area contributed by atoms with Gasteiger partial charge in [0, 0.05) is 11.1 Å². The van der Waals surface area contributed by atoms with Crippen molar-refractivity contribution < 1.29 is 97.2 Å². The van der Waals surface area contributed by atoms with Crippen LogP contribution in [-0.2, 0) is 6.54 Å². The first-order chi connectivity index (χ1) is 33.0. The average molecular weight is 1000 g/mol. The SMILES string of the molecule is Fc1c(F)c(F)c([B-](c2c(F)c(F)c(F)c(F)c2F)(c2c(F)c(F)c(F)c(F)c2F)c2c(F)c(F)c(F)c(F)c2F)c(F)c1F.O=C(c1c[n+](Cc2ccccc2)ccn1)c1cccc2ccccc12. The highest BCUT2D eigenvalue weighted by atomic mass is 19.2. The number of halogens is 20. The highest BCUT2D eigenvalue weighted by Crippen LogP contribution is 2.31. The molecule has 1 aromatic heterocycles. The molecule has 1 heterocycles. The van der Waals surface area contributed by atoms with Crippen molar-refractivity contribution in [3.63, 3.8) is 0 Å². The molecule has 0 bridgehead atoms. The molecule has 0 amide bonds. The Hall–Kier alpha value is -7.79. The quantitative estimate of drug-likeness (QED) is 0.0380. The van der Waals surface area contributed by atoms with Gasteiger partial charge in [0.15, 0.2) is 94.4 Å². The zero-order valence-corrected chi connectivity index (χ0v) is 33.8. The van der Waals surface area contributed by atoms with E-state index in [4.69, 9.17) is 0 Å². The maximum atomic E-state index is 15.4. The normalized spacial score (nSPS) is 11.5. The van der Waals surface area contributed by atoms with Gasteiger partial charge < -0.3 is 0 Å². The van der Waals surface area contributed by atoms with Gasteiger partial charge in [0.05, 0.1) is 6.20 Å². The maximum Gasteiger partial charge on any atom is 0.218 e. The molecular weight excluding hydrogens is 987 g/mol. The van der Waals surface area contributed by atoms with Gasteiger partial charge in [-0.2, -0.15) is 4.57 Å². The molecule has 0 radical (unpaired) electrons. The van der Waals surface area contributed by atoms with Crippen LogP contribution in [0.2, 0.25) is 0 Å². The fraction of sp³-hybridized carbons (Fsp3) is 0.0217. The predicted molar refractivity (Wildman–Crippen MR) is 207 cm³/mol. The van der Waals surface area contributed by atoms with Crippen molar-refractivity contribution >= 4 is 44.6 Å². The fourth-order valence-electron chi connectivity index (χ4n) is 7.88. The van der Waals surface area contributed by atoms with E-state index >= 15 is 35.1 Å². The molecule has 8 rings (SSSR count). The van der Waals surface area contributed by atoms with E-state index < -0.39 is 144 Å². The fourth-order valence-corrected chi connectivity index (χ4v) is 7.88. The van der Waals surface area contributed by atoms with Crippen LogP contribution in [0.4, 0.5) is 87.8 Å². The minimum Gasteiger partial charge on any atom is -0.287 e. The second kappa shape index (κ2) is 19.0. The Kier molecular flexibility index (Phi) is 13.6. The van der Waals surface area contributed by atoms with E-state index in [1.165, 1.54) is 5.56 Å². The molecule has 24 heteroatoms. The zero-order valence-electron chi connectivity index (χ0n) is 33.8.